The van der Waals surface area contributed by atoms with Crippen LogP contribution in [0.2, 0.25) is 0 Å². The maximum atomic E-state index is 9.14. The average Bonchev–Trinajstić information content (AvgIpc) is 2.32. The van der Waals surface area contributed by atoms with Crippen LogP contribution in [0.1, 0.15) is 85.0 Å². The molecule has 0 aromatic rings. The van der Waals surface area contributed by atoms with Crippen molar-refractivity contribution in [2.24, 2.45) is 5.92 Å². The molecular formula is C15H34O5S. The summed E-state index contributed by atoms with van der Waals surface area (Å²) in [5.74, 6) is 0.885. The molecule has 0 saturated carbocycles. The van der Waals surface area contributed by atoms with Gasteiger partial charge in [0.25, 0.3) is 0 Å². The second kappa shape index (κ2) is 14.8. The van der Waals surface area contributed by atoms with E-state index in [9.17, 15) is 0 Å². The van der Waals surface area contributed by atoms with Crippen molar-refractivity contribution < 1.29 is 22.6 Å². The molecule has 0 saturated heterocycles. The van der Waals surface area contributed by atoms with Gasteiger partial charge in [-0.2, -0.15) is 8.42 Å². The van der Waals surface area contributed by atoms with Crippen molar-refractivity contribution in [3.05, 3.63) is 0 Å². The van der Waals surface area contributed by atoms with Gasteiger partial charge in [0.05, 0.1) is 6.10 Å². The maximum absolute atomic E-state index is 9.14. The van der Waals surface area contributed by atoms with E-state index in [0.717, 1.165) is 12.3 Å². The molecule has 0 bridgehead atoms. The van der Waals surface area contributed by atoms with Crippen LogP contribution in [0.3, 0.4) is 0 Å². The van der Waals surface area contributed by atoms with Crippen molar-refractivity contribution in [2.75, 3.05) is 0 Å². The first-order valence-electron chi connectivity index (χ1n) is 8.04. The Bertz CT molecular complexity index is 293. The minimum atomic E-state index is -4.67. The van der Waals surface area contributed by atoms with Crippen molar-refractivity contribution in [1.82, 2.24) is 0 Å². The van der Waals surface area contributed by atoms with Crippen LogP contribution in [0.15, 0.2) is 0 Å². The third-order valence-electron chi connectivity index (χ3n) is 3.37. The Balaban J connectivity index is 0. The van der Waals surface area contributed by atoms with E-state index in [0.29, 0.717) is 0 Å². The third-order valence-corrected chi connectivity index (χ3v) is 3.37. The van der Waals surface area contributed by atoms with E-state index in [2.05, 4.69) is 13.8 Å². The number of hydrogen-bond acceptors (Lipinski definition) is 3. The Morgan fingerprint density at radius 1 is 0.810 bits per heavy atom. The molecule has 0 aliphatic rings. The monoisotopic (exact) mass is 326 g/mol. The molecule has 2 unspecified atom stereocenters. The first-order chi connectivity index (χ1) is 9.66. The molecule has 0 fully saturated rings. The van der Waals surface area contributed by atoms with Gasteiger partial charge in [-0.1, -0.05) is 71.6 Å². The number of aliphatic hydroxyl groups is 1. The number of unbranched alkanes of at least 4 members (excludes halogenated alkanes) is 5. The summed E-state index contributed by atoms with van der Waals surface area (Å²) in [6.07, 6.45) is 13.1. The molecule has 0 aromatic carbocycles. The third kappa shape index (κ3) is 33.0. The molecular weight excluding hydrogens is 292 g/mol. The van der Waals surface area contributed by atoms with Crippen LogP contribution < -0.4 is 0 Å². The summed E-state index contributed by atoms with van der Waals surface area (Å²) in [4.78, 5) is 0. The van der Waals surface area contributed by atoms with Crippen LogP contribution in [-0.4, -0.2) is 28.7 Å². The predicted molar refractivity (Wildman–Crippen MR) is 86.9 cm³/mol. The van der Waals surface area contributed by atoms with Gasteiger partial charge in [-0.3, -0.25) is 9.11 Å². The lowest BCUT2D eigenvalue weighted by Gasteiger charge is -2.11. The molecule has 5 nitrogen and oxygen atoms in total. The van der Waals surface area contributed by atoms with E-state index in [1.54, 1.807) is 0 Å². The highest BCUT2D eigenvalue weighted by Crippen LogP contribution is 2.17. The van der Waals surface area contributed by atoms with Crippen LogP contribution in [0.4, 0.5) is 0 Å². The number of hydrogen-bond donors (Lipinski definition) is 3. The highest BCUT2D eigenvalue weighted by molar-refractivity contribution is 7.79. The van der Waals surface area contributed by atoms with Gasteiger partial charge in [0.15, 0.2) is 0 Å². The predicted octanol–water partition coefficient (Wildman–Crippen LogP) is 4.27. The second-order valence-corrected chi connectivity index (χ2v) is 6.79. The molecule has 0 aromatic heterocycles. The standard InChI is InChI=1S/C15H32O.H2O4S/c1-4-5-6-7-8-11-14(2)12-9-10-13-15(3)16;1-5(2,3)4/h14-16H,4-13H2,1-3H3;(H2,1,2,3,4). The molecule has 2 atom stereocenters. The second-order valence-electron chi connectivity index (χ2n) is 5.89. The van der Waals surface area contributed by atoms with Crippen molar-refractivity contribution in [3.63, 3.8) is 0 Å². The minimum Gasteiger partial charge on any atom is -0.393 e. The zero-order valence-electron chi connectivity index (χ0n) is 13.8. The Hall–Kier alpha value is -0.170. The van der Waals surface area contributed by atoms with Crippen molar-refractivity contribution >= 4 is 10.4 Å². The molecule has 0 heterocycles. The minimum absolute atomic E-state index is 0.107. The Morgan fingerprint density at radius 2 is 1.19 bits per heavy atom. The Morgan fingerprint density at radius 3 is 1.62 bits per heavy atom. The zero-order chi connectivity index (χ0) is 16.7. The van der Waals surface area contributed by atoms with Crippen molar-refractivity contribution in [3.8, 4) is 0 Å². The van der Waals surface area contributed by atoms with Gasteiger partial charge in [-0.25, -0.2) is 0 Å². The molecule has 0 radical (unpaired) electrons. The Labute approximate surface area is 130 Å². The van der Waals surface area contributed by atoms with Gasteiger partial charge in [0.2, 0.25) is 0 Å². The SMILES string of the molecule is CCCCCCCC(C)CCCCC(C)O.O=S(=O)(O)O. The highest BCUT2D eigenvalue weighted by atomic mass is 32.3. The lowest BCUT2D eigenvalue weighted by atomic mass is 9.96. The number of aliphatic hydroxyl groups excluding tert-OH is 1. The molecule has 3 N–H and O–H groups in total. The quantitative estimate of drug-likeness (QED) is 0.389. The molecule has 130 valence electrons. The fourth-order valence-electron chi connectivity index (χ4n) is 2.17. The molecule has 0 aliphatic carbocycles. The normalized spacial score (nSPS) is 14.2. The van der Waals surface area contributed by atoms with Gasteiger partial charge in [0, 0.05) is 0 Å². The molecule has 0 rings (SSSR count). The molecule has 0 amide bonds. The Kier molecular flexibility index (Phi) is 16.2. The van der Waals surface area contributed by atoms with Gasteiger partial charge in [-0.05, 0) is 19.3 Å². The topological polar surface area (TPSA) is 94.8 Å². The van der Waals surface area contributed by atoms with Crippen molar-refractivity contribution in [1.29, 1.82) is 0 Å². The summed E-state index contributed by atoms with van der Waals surface area (Å²) in [7, 11) is -4.67. The van der Waals surface area contributed by atoms with Gasteiger partial charge in [-0.15, -0.1) is 0 Å². The fraction of sp³-hybridized carbons (Fsp3) is 1.00. The summed E-state index contributed by atoms with van der Waals surface area (Å²) < 4.78 is 31.6. The van der Waals surface area contributed by atoms with Crippen LogP contribution in [0.5, 0.6) is 0 Å². The lowest BCUT2D eigenvalue weighted by molar-refractivity contribution is 0.179. The average molecular weight is 326 g/mol. The number of rotatable bonds is 11. The molecule has 0 aliphatic heterocycles. The van der Waals surface area contributed by atoms with E-state index in [4.69, 9.17) is 22.6 Å². The summed E-state index contributed by atoms with van der Waals surface area (Å²) >= 11 is 0. The van der Waals surface area contributed by atoms with Crippen LogP contribution in [0, 0.1) is 5.92 Å². The highest BCUT2D eigenvalue weighted by Gasteiger charge is 2.02. The molecule has 0 spiro atoms. The van der Waals surface area contributed by atoms with Crippen LogP contribution in [0.25, 0.3) is 0 Å². The fourth-order valence-corrected chi connectivity index (χ4v) is 2.17. The van der Waals surface area contributed by atoms with E-state index < -0.39 is 10.4 Å². The van der Waals surface area contributed by atoms with E-state index in [1.807, 2.05) is 6.92 Å². The maximum Gasteiger partial charge on any atom is 0.394 e. The molecule has 6 heteroatoms. The van der Waals surface area contributed by atoms with E-state index >= 15 is 0 Å². The molecule has 21 heavy (non-hydrogen) atoms. The van der Waals surface area contributed by atoms with E-state index in [1.165, 1.54) is 57.8 Å². The first-order valence-corrected chi connectivity index (χ1v) is 9.44. The lowest BCUT2D eigenvalue weighted by Crippen LogP contribution is -2.00. The summed E-state index contributed by atoms with van der Waals surface area (Å²) in [6.45, 7) is 6.53. The smallest absolute Gasteiger partial charge is 0.393 e. The van der Waals surface area contributed by atoms with Gasteiger partial charge in [0.1, 0.15) is 0 Å². The first kappa shape index (κ1) is 23.1. The van der Waals surface area contributed by atoms with Crippen molar-refractivity contribution in [2.45, 2.75) is 91.1 Å². The van der Waals surface area contributed by atoms with E-state index in [-0.39, 0.29) is 6.10 Å². The van der Waals surface area contributed by atoms with Gasteiger partial charge < -0.3 is 5.11 Å². The largest absolute Gasteiger partial charge is 0.394 e. The van der Waals surface area contributed by atoms with Crippen LogP contribution in [-0.2, 0) is 10.4 Å². The van der Waals surface area contributed by atoms with Gasteiger partial charge >= 0.3 is 10.4 Å². The summed E-state index contributed by atoms with van der Waals surface area (Å²) in [5.41, 5.74) is 0. The zero-order valence-corrected chi connectivity index (χ0v) is 14.6. The summed E-state index contributed by atoms with van der Waals surface area (Å²) in [5, 5.41) is 9.14. The van der Waals surface area contributed by atoms with Crippen LogP contribution >= 0.6 is 0 Å². The summed E-state index contributed by atoms with van der Waals surface area (Å²) in [6, 6.07) is 0.